The zero-order chi connectivity index (χ0) is 17.9. The summed E-state index contributed by atoms with van der Waals surface area (Å²) in [4.78, 5) is 12.9. The van der Waals surface area contributed by atoms with E-state index in [9.17, 15) is 4.79 Å². The Balaban J connectivity index is 2.17. The van der Waals surface area contributed by atoms with Crippen molar-refractivity contribution in [2.45, 2.75) is 25.3 Å². The van der Waals surface area contributed by atoms with Gasteiger partial charge >= 0.3 is 0 Å². The van der Waals surface area contributed by atoms with Crippen molar-refractivity contribution in [1.29, 1.82) is 0 Å². The van der Waals surface area contributed by atoms with Crippen molar-refractivity contribution >= 4 is 33.1 Å². The number of hydrogen-bond donors (Lipinski definition) is 1. The smallest absolute Gasteiger partial charge is 0.192 e. The molecule has 2 atom stereocenters. The first-order valence-electron chi connectivity index (χ1n) is 8.63. The van der Waals surface area contributed by atoms with Crippen LogP contribution >= 0.6 is 15.9 Å². The lowest BCUT2D eigenvalue weighted by molar-refractivity contribution is -0.122. The van der Waals surface area contributed by atoms with E-state index < -0.39 is 0 Å². The first-order valence-corrected chi connectivity index (χ1v) is 9.42. The number of nitrogens with two attached hydrogens (primary N) is 1. The second kappa shape index (κ2) is 7.68. The van der Waals surface area contributed by atoms with Crippen LogP contribution in [0.4, 0.5) is 11.4 Å². The fraction of sp³-hybridized carbons (Fsp3) is 0.350. The second-order valence-corrected chi connectivity index (χ2v) is 7.35. The third-order valence-electron chi connectivity index (χ3n) is 5.08. The molecule has 0 aliphatic carbocycles. The molecule has 2 aromatic rings. The van der Waals surface area contributed by atoms with Crippen molar-refractivity contribution < 1.29 is 9.53 Å². The van der Waals surface area contributed by atoms with Crippen molar-refractivity contribution in [3.05, 3.63) is 53.0 Å². The molecule has 0 bridgehead atoms. The first kappa shape index (κ1) is 18.1. The standard InChI is InChI=1S/C20H24BrN2O2/c1-25-18-5-2-4-17(14-18)23(16-9-7-15(21)8-10-16)13-3-6-19(23)20(24)11-12-22/h2,4-5,7-10,14,19H,3,6,11-13,22H2,1H3/q+1. The summed E-state index contributed by atoms with van der Waals surface area (Å²) < 4.78 is 7.01. The maximum absolute atomic E-state index is 12.9. The average molecular weight is 404 g/mol. The first-order chi connectivity index (χ1) is 12.1. The summed E-state index contributed by atoms with van der Waals surface area (Å²) in [5, 5.41) is 0. The highest BCUT2D eigenvalue weighted by molar-refractivity contribution is 9.10. The van der Waals surface area contributed by atoms with Crippen LogP contribution in [0.15, 0.2) is 53.0 Å². The predicted molar refractivity (Wildman–Crippen MR) is 105 cm³/mol. The van der Waals surface area contributed by atoms with Crippen molar-refractivity contribution in [3.8, 4) is 5.75 Å². The van der Waals surface area contributed by atoms with Gasteiger partial charge in [-0.15, -0.1) is 0 Å². The molecule has 2 aromatic carbocycles. The Bertz CT molecular complexity index is 748. The molecule has 0 spiro atoms. The molecule has 132 valence electrons. The third kappa shape index (κ3) is 3.36. The zero-order valence-electron chi connectivity index (χ0n) is 14.5. The third-order valence-corrected chi connectivity index (χ3v) is 5.61. The Labute approximate surface area is 157 Å². The molecule has 0 saturated carbocycles. The van der Waals surface area contributed by atoms with Crippen molar-refractivity contribution in [3.63, 3.8) is 0 Å². The number of Topliss-reactive ketones (excluding diaryl/α,β-unsaturated/α-hetero) is 1. The van der Waals surface area contributed by atoms with Crippen molar-refractivity contribution in [2.24, 2.45) is 5.73 Å². The summed E-state index contributed by atoms with van der Waals surface area (Å²) in [6.45, 7) is 1.30. The number of methoxy groups -OCH3 is 1. The van der Waals surface area contributed by atoms with Gasteiger partial charge in [-0.05, 0) is 30.8 Å². The molecule has 1 heterocycles. The van der Waals surface area contributed by atoms with Crippen LogP contribution in [0, 0.1) is 0 Å². The van der Waals surface area contributed by atoms with Crippen LogP contribution in [0.1, 0.15) is 19.3 Å². The lowest BCUT2D eigenvalue weighted by atomic mass is 10.0. The number of ether oxygens (including phenoxy) is 1. The Morgan fingerprint density at radius 3 is 2.68 bits per heavy atom. The topological polar surface area (TPSA) is 52.3 Å². The van der Waals surface area contributed by atoms with Gasteiger partial charge in [-0.25, -0.2) is 0 Å². The van der Waals surface area contributed by atoms with Gasteiger partial charge in [-0.3, -0.25) is 9.28 Å². The number of halogens is 1. The van der Waals surface area contributed by atoms with Gasteiger partial charge in [0.1, 0.15) is 17.1 Å². The van der Waals surface area contributed by atoms with Gasteiger partial charge in [0.2, 0.25) is 0 Å². The molecule has 0 aromatic heterocycles. The lowest BCUT2D eigenvalue weighted by Gasteiger charge is -2.38. The molecule has 25 heavy (non-hydrogen) atoms. The normalized spacial score (nSPS) is 22.8. The molecule has 3 rings (SSSR count). The maximum atomic E-state index is 12.9. The molecular weight excluding hydrogens is 380 g/mol. The monoisotopic (exact) mass is 403 g/mol. The van der Waals surface area contributed by atoms with Crippen LogP contribution in [-0.4, -0.2) is 32.0 Å². The fourth-order valence-electron chi connectivity index (χ4n) is 3.96. The molecule has 1 aliphatic heterocycles. The van der Waals surface area contributed by atoms with Crippen molar-refractivity contribution in [1.82, 2.24) is 4.48 Å². The molecule has 2 N–H and O–H groups in total. The van der Waals surface area contributed by atoms with Crippen LogP contribution in [0.5, 0.6) is 5.75 Å². The van der Waals surface area contributed by atoms with Crippen LogP contribution in [-0.2, 0) is 4.79 Å². The molecule has 2 unspecified atom stereocenters. The number of benzene rings is 2. The number of hydrogen-bond acceptors (Lipinski definition) is 3. The van der Waals surface area contributed by atoms with Crippen LogP contribution < -0.4 is 15.0 Å². The van der Waals surface area contributed by atoms with Gasteiger partial charge < -0.3 is 10.5 Å². The second-order valence-electron chi connectivity index (χ2n) is 6.43. The molecular formula is C20H24BrN2O2+. The van der Waals surface area contributed by atoms with E-state index in [0.717, 1.165) is 41.0 Å². The van der Waals surface area contributed by atoms with Gasteiger partial charge in [0, 0.05) is 41.9 Å². The minimum absolute atomic E-state index is 0.100. The van der Waals surface area contributed by atoms with E-state index in [-0.39, 0.29) is 11.8 Å². The average Bonchev–Trinajstić information content (AvgIpc) is 3.08. The van der Waals surface area contributed by atoms with Crippen molar-refractivity contribution in [2.75, 3.05) is 20.2 Å². The van der Waals surface area contributed by atoms with Crippen LogP contribution in [0.25, 0.3) is 0 Å². The predicted octanol–water partition coefficient (Wildman–Crippen LogP) is 4.18. The summed E-state index contributed by atoms with van der Waals surface area (Å²) in [6.07, 6.45) is 2.31. The quantitative estimate of drug-likeness (QED) is 0.735. The van der Waals surface area contributed by atoms with E-state index in [1.165, 1.54) is 0 Å². The number of carbonyl (C=O) groups excluding carboxylic acids is 1. The molecule has 1 aliphatic rings. The number of carbonyl (C=O) groups is 1. The number of ketones is 1. The maximum Gasteiger partial charge on any atom is 0.192 e. The highest BCUT2D eigenvalue weighted by Crippen LogP contribution is 2.45. The minimum Gasteiger partial charge on any atom is -0.497 e. The molecule has 4 nitrogen and oxygen atoms in total. The zero-order valence-corrected chi connectivity index (χ0v) is 16.0. The Morgan fingerprint density at radius 1 is 1.24 bits per heavy atom. The number of rotatable bonds is 6. The fourth-order valence-corrected chi connectivity index (χ4v) is 4.22. The van der Waals surface area contributed by atoms with E-state index in [1.54, 1.807) is 7.11 Å². The van der Waals surface area contributed by atoms with E-state index in [4.69, 9.17) is 10.5 Å². The minimum atomic E-state index is -0.100. The Morgan fingerprint density at radius 2 is 2.00 bits per heavy atom. The molecule has 1 saturated heterocycles. The van der Waals surface area contributed by atoms with Gasteiger partial charge in [0.05, 0.1) is 13.7 Å². The SMILES string of the molecule is COc1cccc([N+]2(c3ccc(Br)cc3)CCCC2C(=O)CCN)c1. The largest absolute Gasteiger partial charge is 0.497 e. The van der Waals surface area contributed by atoms with Gasteiger partial charge in [-0.1, -0.05) is 22.0 Å². The van der Waals surface area contributed by atoms with Crippen LogP contribution in [0.2, 0.25) is 0 Å². The lowest BCUT2D eigenvalue weighted by Crippen LogP contribution is -2.52. The molecule has 1 fully saturated rings. The number of quaternary nitrogens is 1. The Kier molecular flexibility index (Phi) is 5.57. The van der Waals surface area contributed by atoms with Crippen LogP contribution in [0.3, 0.4) is 0 Å². The molecule has 0 amide bonds. The van der Waals surface area contributed by atoms with E-state index in [1.807, 2.05) is 24.3 Å². The highest BCUT2D eigenvalue weighted by atomic mass is 79.9. The summed E-state index contributed by atoms with van der Waals surface area (Å²) >= 11 is 3.51. The summed E-state index contributed by atoms with van der Waals surface area (Å²) in [5.41, 5.74) is 7.90. The van der Waals surface area contributed by atoms with Gasteiger partial charge in [0.15, 0.2) is 11.8 Å². The highest BCUT2D eigenvalue weighted by Gasteiger charge is 2.49. The van der Waals surface area contributed by atoms with E-state index in [2.05, 4.69) is 40.2 Å². The summed E-state index contributed by atoms with van der Waals surface area (Å²) in [5.74, 6) is 1.05. The van der Waals surface area contributed by atoms with Gasteiger partial charge in [-0.2, -0.15) is 0 Å². The Hall–Kier alpha value is -1.69. The molecule has 5 heteroatoms. The summed E-state index contributed by atoms with van der Waals surface area (Å²) in [7, 11) is 1.67. The number of nitrogens with zero attached hydrogens (tertiary/aromatic N) is 1. The van der Waals surface area contributed by atoms with E-state index >= 15 is 0 Å². The van der Waals surface area contributed by atoms with Gasteiger partial charge in [0.25, 0.3) is 0 Å². The molecule has 0 radical (unpaired) electrons. The summed E-state index contributed by atoms with van der Waals surface area (Å²) in [6, 6.07) is 16.3. The van der Waals surface area contributed by atoms with E-state index in [0.29, 0.717) is 17.4 Å².